The Labute approximate surface area is 97.5 Å². The van der Waals surface area contributed by atoms with Gasteiger partial charge >= 0.3 is 0 Å². The average molecular weight is 216 g/mol. The molecule has 0 bridgehead atoms. The van der Waals surface area contributed by atoms with E-state index in [0.717, 1.165) is 11.6 Å². The summed E-state index contributed by atoms with van der Waals surface area (Å²) in [4.78, 5) is 4.50. The summed E-state index contributed by atoms with van der Waals surface area (Å²) in [6.07, 6.45) is 6.21. The smallest absolute Gasteiger partial charge is 0.0375 e. The Hall–Kier alpha value is -0.890. The Morgan fingerprint density at radius 3 is 2.75 bits per heavy atom. The maximum Gasteiger partial charge on any atom is 0.0375 e. The molecule has 0 amide bonds. The molecule has 0 aromatic carbocycles. The molecular formula is C14H20N2. The summed E-state index contributed by atoms with van der Waals surface area (Å²) in [6, 6.07) is 2.23. The minimum absolute atomic E-state index is 0.480. The number of rotatable bonds is 2. The van der Waals surface area contributed by atoms with Crippen LogP contribution in [0, 0.1) is 19.8 Å². The molecule has 1 aromatic heterocycles. The van der Waals surface area contributed by atoms with Crippen LogP contribution in [0.5, 0.6) is 0 Å². The van der Waals surface area contributed by atoms with Gasteiger partial charge < -0.3 is 5.32 Å². The van der Waals surface area contributed by atoms with Gasteiger partial charge in [0.25, 0.3) is 0 Å². The number of nitrogens with zero attached hydrogens (tertiary/aromatic N) is 1. The SMILES string of the molecule is Cc1cc(C)c(C2(C3CCNC3)CC2)cn1. The van der Waals surface area contributed by atoms with Crippen LogP contribution in [0.3, 0.4) is 0 Å². The van der Waals surface area contributed by atoms with Crippen molar-refractivity contribution in [1.82, 2.24) is 10.3 Å². The van der Waals surface area contributed by atoms with Gasteiger partial charge in [0.2, 0.25) is 0 Å². The first kappa shape index (κ1) is 10.3. The Kier molecular flexibility index (Phi) is 2.28. The zero-order chi connectivity index (χ0) is 11.2. The van der Waals surface area contributed by atoms with Crippen molar-refractivity contribution in [3.05, 3.63) is 29.1 Å². The largest absolute Gasteiger partial charge is 0.316 e. The first-order chi connectivity index (χ1) is 7.72. The standard InChI is InChI=1S/C14H20N2/c1-10-7-11(2)16-9-13(10)14(4-5-14)12-3-6-15-8-12/h7,9,12,15H,3-6,8H2,1-2H3. The maximum atomic E-state index is 4.50. The van der Waals surface area contributed by atoms with E-state index in [4.69, 9.17) is 0 Å². The van der Waals surface area contributed by atoms with Crippen LogP contribution < -0.4 is 5.32 Å². The van der Waals surface area contributed by atoms with E-state index < -0.39 is 0 Å². The first-order valence-corrected chi connectivity index (χ1v) is 6.37. The zero-order valence-electron chi connectivity index (χ0n) is 10.2. The highest BCUT2D eigenvalue weighted by Gasteiger charge is 2.51. The summed E-state index contributed by atoms with van der Waals surface area (Å²) < 4.78 is 0. The Morgan fingerprint density at radius 2 is 2.19 bits per heavy atom. The number of hydrogen-bond donors (Lipinski definition) is 1. The lowest BCUT2D eigenvalue weighted by molar-refractivity contribution is 0.437. The van der Waals surface area contributed by atoms with Gasteiger partial charge in [-0.15, -0.1) is 0 Å². The lowest BCUT2D eigenvalue weighted by Gasteiger charge is -2.24. The highest BCUT2D eigenvalue weighted by atomic mass is 14.9. The quantitative estimate of drug-likeness (QED) is 0.820. The van der Waals surface area contributed by atoms with Crippen LogP contribution in [-0.2, 0) is 5.41 Å². The van der Waals surface area contributed by atoms with E-state index in [-0.39, 0.29) is 0 Å². The number of hydrogen-bond acceptors (Lipinski definition) is 2. The van der Waals surface area contributed by atoms with Gasteiger partial charge in [0, 0.05) is 17.3 Å². The molecule has 0 spiro atoms. The van der Waals surface area contributed by atoms with Gasteiger partial charge in [0.15, 0.2) is 0 Å². The molecule has 3 rings (SSSR count). The minimum atomic E-state index is 0.480. The van der Waals surface area contributed by atoms with Crippen LogP contribution in [0.25, 0.3) is 0 Å². The number of aromatic nitrogens is 1. The van der Waals surface area contributed by atoms with Crippen molar-refractivity contribution in [3.8, 4) is 0 Å². The van der Waals surface area contributed by atoms with Crippen molar-refractivity contribution in [3.63, 3.8) is 0 Å². The van der Waals surface area contributed by atoms with Crippen LogP contribution in [0.4, 0.5) is 0 Å². The molecule has 2 aliphatic rings. The zero-order valence-corrected chi connectivity index (χ0v) is 10.2. The number of pyridine rings is 1. The second kappa shape index (κ2) is 3.56. The number of nitrogens with one attached hydrogen (secondary N) is 1. The summed E-state index contributed by atoms with van der Waals surface area (Å²) in [5.74, 6) is 0.843. The van der Waals surface area contributed by atoms with Gasteiger partial charge in [-0.2, -0.15) is 0 Å². The molecule has 2 heteroatoms. The molecule has 1 unspecified atom stereocenters. The monoisotopic (exact) mass is 216 g/mol. The molecule has 2 fully saturated rings. The summed E-state index contributed by atoms with van der Waals surface area (Å²) in [5.41, 5.74) is 4.58. The Morgan fingerprint density at radius 1 is 1.38 bits per heavy atom. The molecule has 16 heavy (non-hydrogen) atoms. The first-order valence-electron chi connectivity index (χ1n) is 6.37. The second-order valence-electron chi connectivity index (χ2n) is 5.49. The predicted octanol–water partition coefficient (Wildman–Crippen LogP) is 2.34. The minimum Gasteiger partial charge on any atom is -0.316 e. The lowest BCUT2D eigenvalue weighted by Crippen LogP contribution is -2.24. The van der Waals surface area contributed by atoms with Crippen LogP contribution in [0.1, 0.15) is 36.1 Å². The van der Waals surface area contributed by atoms with Crippen molar-refractivity contribution in [2.45, 2.75) is 38.5 Å². The molecule has 86 valence electrons. The molecular weight excluding hydrogens is 196 g/mol. The van der Waals surface area contributed by atoms with Crippen LogP contribution in [0.15, 0.2) is 12.3 Å². The highest BCUT2D eigenvalue weighted by Crippen LogP contribution is 2.56. The van der Waals surface area contributed by atoms with E-state index in [9.17, 15) is 0 Å². The summed E-state index contributed by atoms with van der Waals surface area (Å²) in [5, 5.41) is 3.50. The molecule has 2 heterocycles. The third-order valence-electron chi connectivity index (χ3n) is 4.41. The van der Waals surface area contributed by atoms with E-state index >= 15 is 0 Å². The van der Waals surface area contributed by atoms with E-state index in [2.05, 4.69) is 36.4 Å². The molecule has 1 atom stereocenters. The van der Waals surface area contributed by atoms with Crippen LogP contribution >= 0.6 is 0 Å². The lowest BCUT2D eigenvalue weighted by atomic mass is 9.81. The van der Waals surface area contributed by atoms with Crippen molar-refractivity contribution in [1.29, 1.82) is 0 Å². The van der Waals surface area contributed by atoms with Crippen molar-refractivity contribution < 1.29 is 0 Å². The Balaban J connectivity index is 1.96. The van der Waals surface area contributed by atoms with Crippen molar-refractivity contribution >= 4 is 0 Å². The van der Waals surface area contributed by atoms with E-state index in [1.54, 1.807) is 0 Å². The van der Waals surface area contributed by atoms with Gasteiger partial charge in [-0.1, -0.05) is 0 Å². The van der Waals surface area contributed by atoms with Gasteiger partial charge in [-0.3, -0.25) is 4.98 Å². The van der Waals surface area contributed by atoms with Gasteiger partial charge in [-0.05, 0) is 69.3 Å². The second-order valence-corrected chi connectivity index (χ2v) is 5.49. The average Bonchev–Trinajstić information content (AvgIpc) is 2.87. The van der Waals surface area contributed by atoms with E-state index in [1.165, 1.54) is 43.5 Å². The fourth-order valence-electron chi connectivity index (χ4n) is 3.38. The molecule has 1 saturated heterocycles. The molecule has 2 nitrogen and oxygen atoms in total. The van der Waals surface area contributed by atoms with E-state index in [1.807, 2.05) is 0 Å². The van der Waals surface area contributed by atoms with Crippen molar-refractivity contribution in [2.75, 3.05) is 13.1 Å². The molecule has 1 aliphatic heterocycles. The molecule has 1 aromatic rings. The third kappa shape index (κ3) is 1.47. The highest BCUT2D eigenvalue weighted by molar-refractivity contribution is 5.38. The molecule has 0 radical (unpaired) electrons. The molecule has 1 N–H and O–H groups in total. The fraction of sp³-hybridized carbons (Fsp3) is 0.643. The summed E-state index contributed by atoms with van der Waals surface area (Å²) in [6.45, 7) is 6.72. The Bertz CT molecular complexity index is 401. The van der Waals surface area contributed by atoms with Gasteiger partial charge in [0.05, 0.1) is 0 Å². The van der Waals surface area contributed by atoms with Crippen molar-refractivity contribution in [2.24, 2.45) is 5.92 Å². The normalized spacial score (nSPS) is 27.0. The number of aryl methyl sites for hydroxylation is 2. The molecule has 1 aliphatic carbocycles. The molecule has 1 saturated carbocycles. The summed E-state index contributed by atoms with van der Waals surface area (Å²) in [7, 11) is 0. The maximum absolute atomic E-state index is 4.50. The topological polar surface area (TPSA) is 24.9 Å². The van der Waals surface area contributed by atoms with Gasteiger partial charge in [-0.25, -0.2) is 0 Å². The third-order valence-corrected chi connectivity index (χ3v) is 4.41. The van der Waals surface area contributed by atoms with Crippen LogP contribution in [-0.4, -0.2) is 18.1 Å². The van der Waals surface area contributed by atoms with E-state index in [0.29, 0.717) is 5.41 Å². The summed E-state index contributed by atoms with van der Waals surface area (Å²) >= 11 is 0. The van der Waals surface area contributed by atoms with Gasteiger partial charge in [0.1, 0.15) is 0 Å². The fourth-order valence-corrected chi connectivity index (χ4v) is 3.38. The predicted molar refractivity (Wildman–Crippen MR) is 65.6 cm³/mol. The van der Waals surface area contributed by atoms with Crippen LogP contribution in [0.2, 0.25) is 0 Å².